The van der Waals surface area contributed by atoms with Gasteiger partial charge in [0.15, 0.2) is 0 Å². The molecule has 1 aliphatic heterocycles. The van der Waals surface area contributed by atoms with Crippen molar-refractivity contribution in [1.82, 2.24) is 9.62 Å². The molecule has 2 saturated carbocycles. The number of sulfonamides is 1. The summed E-state index contributed by atoms with van der Waals surface area (Å²) < 4.78 is 39.7. The average Bonchev–Trinajstić information content (AvgIpc) is 3.27. The summed E-state index contributed by atoms with van der Waals surface area (Å²) in [6.45, 7) is 0.747. The second kappa shape index (κ2) is 7.51. The van der Waals surface area contributed by atoms with Gasteiger partial charge in [0.25, 0.3) is 0 Å². The van der Waals surface area contributed by atoms with Crippen LogP contribution in [-0.2, 0) is 20.6 Å². The Bertz CT molecular complexity index is 788. The summed E-state index contributed by atoms with van der Waals surface area (Å²) in [4.78, 5) is 12.6. The molecule has 0 unspecified atom stereocenters. The number of benzene rings is 1. The molecule has 2 aliphatic carbocycles. The molecule has 3 aliphatic rings. The number of carbonyl (C=O) groups excluding carboxylic acids is 1. The molecule has 7 heteroatoms. The fourth-order valence-corrected chi connectivity index (χ4v) is 6.56. The van der Waals surface area contributed by atoms with Crippen LogP contribution in [0.3, 0.4) is 0 Å². The van der Waals surface area contributed by atoms with E-state index in [9.17, 15) is 17.6 Å². The third kappa shape index (κ3) is 4.19. The van der Waals surface area contributed by atoms with E-state index in [1.165, 1.54) is 47.8 Å². The first-order valence-corrected chi connectivity index (χ1v) is 11.5. The van der Waals surface area contributed by atoms with Crippen LogP contribution >= 0.6 is 0 Å². The van der Waals surface area contributed by atoms with Gasteiger partial charge < -0.3 is 5.32 Å². The maximum absolute atomic E-state index is 13.0. The van der Waals surface area contributed by atoms with Crippen LogP contribution in [0, 0.1) is 23.6 Å². The highest BCUT2D eigenvalue weighted by molar-refractivity contribution is 7.88. The van der Waals surface area contributed by atoms with E-state index in [4.69, 9.17) is 0 Å². The van der Waals surface area contributed by atoms with Crippen molar-refractivity contribution < 1.29 is 17.6 Å². The molecule has 0 spiro atoms. The van der Waals surface area contributed by atoms with Crippen LogP contribution in [0.15, 0.2) is 24.3 Å². The van der Waals surface area contributed by atoms with E-state index < -0.39 is 10.0 Å². The Kier molecular flexibility index (Phi) is 5.25. The Labute approximate surface area is 160 Å². The fraction of sp³-hybridized carbons (Fsp3) is 0.650. The van der Waals surface area contributed by atoms with Crippen molar-refractivity contribution in [1.29, 1.82) is 0 Å². The zero-order valence-corrected chi connectivity index (χ0v) is 16.3. The first-order chi connectivity index (χ1) is 12.9. The lowest BCUT2D eigenvalue weighted by Gasteiger charge is -2.32. The summed E-state index contributed by atoms with van der Waals surface area (Å²) >= 11 is 0. The van der Waals surface area contributed by atoms with E-state index in [2.05, 4.69) is 5.32 Å². The molecule has 1 aromatic rings. The van der Waals surface area contributed by atoms with Gasteiger partial charge in [0.2, 0.25) is 15.9 Å². The molecule has 1 aromatic carbocycles. The van der Waals surface area contributed by atoms with Gasteiger partial charge in [-0.1, -0.05) is 18.6 Å². The largest absolute Gasteiger partial charge is 0.353 e. The molecule has 2 bridgehead atoms. The lowest BCUT2D eigenvalue weighted by atomic mass is 9.93. The summed E-state index contributed by atoms with van der Waals surface area (Å²) in [5.74, 6) is 0.937. The predicted molar refractivity (Wildman–Crippen MR) is 101 cm³/mol. The van der Waals surface area contributed by atoms with Gasteiger partial charge in [0.1, 0.15) is 5.82 Å². The maximum atomic E-state index is 13.0. The Morgan fingerprint density at radius 3 is 2.37 bits per heavy atom. The van der Waals surface area contributed by atoms with Gasteiger partial charge in [-0.3, -0.25) is 4.79 Å². The van der Waals surface area contributed by atoms with Gasteiger partial charge in [0, 0.05) is 25.0 Å². The molecule has 1 heterocycles. The van der Waals surface area contributed by atoms with E-state index in [1.807, 2.05) is 0 Å². The summed E-state index contributed by atoms with van der Waals surface area (Å²) in [7, 11) is -3.45. The molecule has 27 heavy (non-hydrogen) atoms. The molecule has 0 aromatic heterocycles. The van der Waals surface area contributed by atoms with E-state index in [1.54, 1.807) is 0 Å². The van der Waals surface area contributed by atoms with Crippen molar-refractivity contribution in [3.05, 3.63) is 35.6 Å². The highest BCUT2D eigenvalue weighted by Gasteiger charge is 2.41. The van der Waals surface area contributed by atoms with Crippen LogP contribution in [0.1, 0.15) is 44.1 Å². The normalized spacial score (nSPS) is 29.1. The number of amides is 1. The Morgan fingerprint density at radius 1 is 1.07 bits per heavy atom. The summed E-state index contributed by atoms with van der Waals surface area (Å²) in [6.07, 6.45) is 6.04. The number of halogens is 1. The predicted octanol–water partition coefficient (Wildman–Crippen LogP) is 2.67. The molecule has 1 amide bonds. The number of nitrogens with one attached hydrogen (secondary N) is 1. The molecule has 1 N–H and O–H groups in total. The Hall–Kier alpha value is -1.47. The van der Waals surface area contributed by atoms with E-state index in [-0.39, 0.29) is 23.4 Å². The Balaban J connectivity index is 1.29. The Morgan fingerprint density at radius 2 is 1.78 bits per heavy atom. The van der Waals surface area contributed by atoms with E-state index in [0.29, 0.717) is 43.5 Å². The summed E-state index contributed by atoms with van der Waals surface area (Å²) in [6, 6.07) is 5.88. The van der Waals surface area contributed by atoms with Crippen molar-refractivity contribution in [2.45, 2.75) is 50.3 Å². The van der Waals surface area contributed by atoms with Crippen LogP contribution in [0.4, 0.5) is 4.39 Å². The molecular formula is C20H27FN2O3S. The number of piperidine rings is 1. The van der Waals surface area contributed by atoms with Gasteiger partial charge in [-0.05, 0) is 61.6 Å². The molecule has 3 atom stereocenters. The second-order valence-electron chi connectivity index (χ2n) is 8.35. The summed E-state index contributed by atoms with van der Waals surface area (Å²) in [5.41, 5.74) is 0.576. The van der Waals surface area contributed by atoms with Crippen LogP contribution in [0.5, 0.6) is 0 Å². The number of fused-ring (bicyclic) bond motifs is 2. The highest BCUT2D eigenvalue weighted by Crippen LogP contribution is 2.44. The van der Waals surface area contributed by atoms with Crippen molar-refractivity contribution in [3.8, 4) is 0 Å². The molecule has 5 nitrogen and oxygen atoms in total. The minimum absolute atomic E-state index is 0.0959. The van der Waals surface area contributed by atoms with Gasteiger partial charge in [0.05, 0.1) is 5.75 Å². The monoisotopic (exact) mass is 394 g/mol. The standard InChI is InChI=1S/C20H27FN2O3S/c21-18-5-2-14(3-6-18)13-27(25,26)23-9-7-16(8-10-23)20(24)22-19-12-15-1-4-17(19)11-15/h2-3,5-6,15-17,19H,1,4,7-13H2,(H,22,24)/t15-,17-,19+/m0/s1. The SMILES string of the molecule is O=C(N[C@@H]1C[C@H]2CC[C@H]1C2)C1CCN(S(=O)(=O)Cc2ccc(F)cc2)CC1. The fourth-order valence-electron chi connectivity index (χ4n) is 5.00. The third-order valence-electron chi connectivity index (χ3n) is 6.55. The van der Waals surface area contributed by atoms with Crippen molar-refractivity contribution in [2.24, 2.45) is 17.8 Å². The number of carbonyl (C=O) groups is 1. The van der Waals surface area contributed by atoms with Crippen LogP contribution in [-0.4, -0.2) is 37.8 Å². The number of hydrogen-bond donors (Lipinski definition) is 1. The zero-order valence-electron chi connectivity index (χ0n) is 15.4. The molecule has 1 saturated heterocycles. The third-order valence-corrected chi connectivity index (χ3v) is 8.40. The van der Waals surface area contributed by atoms with Gasteiger partial charge in [-0.2, -0.15) is 0 Å². The van der Waals surface area contributed by atoms with Crippen LogP contribution in [0.2, 0.25) is 0 Å². The lowest BCUT2D eigenvalue weighted by molar-refractivity contribution is -0.127. The number of rotatable bonds is 5. The molecule has 3 fully saturated rings. The molecular weight excluding hydrogens is 367 g/mol. The van der Waals surface area contributed by atoms with E-state index >= 15 is 0 Å². The topological polar surface area (TPSA) is 66.5 Å². The maximum Gasteiger partial charge on any atom is 0.223 e. The average molecular weight is 395 g/mol. The van der Waals surface area contributed by atoms with Crippen LogP contribution in [0.25, 0.3) is 0 Å². The van der Waals surface area contributed by atoms with Crippen molar-refractivity contribution >= 4 is 15.9 Å². The second-order valence-corrected chi connectivity index (χ2v) is 10.3. The quantitative estimate of drug-likeness (QED) is 0.835. The minimum atomic E-state index is -3.45. The number of nitrogens with zero attached hydrogens (tertiary/aromatic N) is 1. The van der Waals surface area contributed by atoms with Crippen molar-refractivity contribution in [3.63, 3.8) is 0 Å². The van der Waals surface area contributed by atoms with Crippen molar-refractivity contribution in [2.75, 3.05) is 13.1 Å². The lowest BCUT2D eigenvalue weighted by Crippen LogP contribution is -2.46. The first kappa shape index (κ1) is 18.9. The molecule has 4 rings (SSSR count). The van der Waals surface area contributed by atoms with Gasteiger partial charge in [-0.15, -0.1) is 0 Å². The van der Waals surface area contributed by atoms with Gasteiger partial charge >= 0.3 is 0 Å². The van der Waals surface area contributed by atoms with Gasteiger partial charge in [-0.25, -0.2) is 17.1 Å². The van der Waals surface area contributed by atoms with E-state index in [0.717, 1.165) is 12.3 Å². The summed E-state index contributed by atoms with van der Waals surface area (Å²) in [5, 5.41) is 3.24. The van der Waals surface area contributed by atoms with Crippen LogP contribution < -0.4 is 5.32 Å². The highest BCUT2D eigenvalue weighted by atomic mass is 32.2. The first-order valence-electron chi connectivity index (χ1n) is 9.93. The minimum Gasteiger partial charge on any atom is -0.353 e. The smallest absolute Gasteiger partial charge is 0.223 e. The number of hydrogen-bond acceptors (Lipinski definition) is 3. The zero-order chi connectivity index (χ0) is 19.0. The molecule has 0 radical (unpaired) electrons. The molecule has 148 valence electrons.